The van der Waals surface area contributed by atoms with Gasteiger partial charge in [-0.05, 0) is 37.0 Å². The first-order valence-electron chi connectivity index (χ1n) is 9.97. The summed E-state index contributed by atoms with van der Waals surface area (Å²) in [6.07, 6.45) is 5.09. The Morgan fingerprint density at radius 1 is 1.21 bits per heavy atom. The van der Waals surface area contributed by atoms with Gasteiger partial charge in [-0.2, -0.15) is 0 Å². The van der Waals surface area contributed by atoms with Crippen molar-refractivity contribution < 1.29 is 18.3 Å². The predicted octanol–water partition coefficient (Wildman–Crippen LogP) is 2.79. The van der Waals surface area contributed by atoms with Crippen LogP contribution in [0.5, 0.6) is 0 Å². The molecule has 2 fully saturated rings. The van der Waals surface area contributed by atoms with Crippen molar-refractivity contribution in [3.8, 4) is 0 Å². The predicted molar refractivity (Wildman–Crippen MR) is 101 cm³/mol. The van der Waals surface area contributed by atoms with Crippen LogP contribution in [0.4, 0.5) is 4.39 Å². The van der Waals surface area contributed by atoms with Crippen molar-refractivity contribution in [3.63, 3.8) is 0 Å². The van der Waals surface area contributed by atoms with Gasteiger partial charge in [-0.1, -0.05) is 12.1 Å². The molecule has 1 aromatic carbocycles. The molecule has 1 atom stereocenters. The summed E-state index contributed by atoms with van der Waals surface area (Å²) < 4.78 is 24.7. The maximum atomic E-state index is 13.4. The van der Waals surface area contributed by atoms with E-state index in [2.05, 4.69) is 9.88 Å². The van der Waals surface area contributed by atoms with Gasteiger partial charge in [0.1, 0.15) is 17.6 Å². The van der Waals surface area contributed by atoms with Crippen LogP contribution >= 0.6 is 0 Å². The molecule has 2 aliphatic rings. The van der Waals surface area contributed by atoms with Crippen LogP contribution in [0.1, 0.15) is 42.5 Å². The molecule has 6 nitrogen and oxygen atoms in total. The number of likely N-dealkylation sites (tertiary alicyclic amines) is 1. The molecule has 7 heteroatoms. The van der Waals surface area contributed by atoms with E-state index in [4.69, 9.17) is 9.15 Å². The minimum Gasteiger partial charge on any atom is -0.443 e. The molecule has 1 amide bonds. The van der Waals surface area contributed by atoms with Gasteiger partial charge in [0, 0.05) is 26.1 Å². The summed E-state index contributed by atoms with van der Waals surface area (Å²) in [6, 6.07) is 6.36. The highest BCUT2D eigenvalue weighted by Gasteiger charge is 2.32. The lowest BCUT2D eigenvalue weighted by atomic mass is 10.0. The molecule has 2 saturated heterocycles. The van der Waals surface area contributed by atoms with E-state index < -0.39 is 0 Å². The van der Waals surface area contributed by atoms with Gasteiger partial charge in [-0.15, -0.1) is 0 Å². The van der Waals surface area contributed by atoms with Crippen LogP contribution in [-0.2, 0) is 16.0 Å². The lowest BCUT2D eigenvalue weighted by Crippen LogP contribution is -2.47. The topological polar surface area (TPSA) is 58.8 Å². The van der Waals surface area contributed by atoms with Gasteiger partial charge >= 0.3 is 0 Å². The Bertz CT molecular complexity index is 804. The highest BCUT2D eigenvalue weighted by atomic mass is 19.1. The third-order valence-electron chi connectivity index (χ3n) is 5.41. The van der Waals surface area contributed by atoms with Crippen LogP contribution in [-0.4, -0.2) is 60.1 Å². The minimum atomic E-state index is -0.260. The second-order valence-electron chi connectivity index (χ2n) is 7.46. The number of carbonyl (C=O) groups is 1. The molecule has 0 saturated carbocycles. The van der Waals surface area contributed by atoms with Crippen molar-refractivity contribution in [2.45, 2.75) is 31.7 Å². The summed E-state index contributed by atoms with van der Waals surface area (Å²) in [5.41, 5.74) is 0.839. The quantitative estimate of drug-likeness (QED) is 0.790. The van der Waals surface area contributed by atoms with Gasteiger partial charge < -0.3 is 14.1 Å². The van der Waals surface area contributed by atoms with Crippen LogP contribution in [0.3, 0.4) is 0 Å². The Morgan fingerprint density at radius 3 is 2.89 bits per heavy atom. The lowest BCUT2D eigenvalue weighted by molar-refractivity contribution is -0.137. The first-order chi connectivity index (χ1) is 13.7. The van der Waals surface area contributed by atoms with E-state index in [1.165, 1.54) is 12.1 Å². The fourth-order valence-corrected chi connectivity index (χ4v) is 3.93. The van der Waals surface area contributed by atoms with E-state index in [-0.39, 0.29) is 17.8 Å². The van der Waals surface area contributed by atoms with Crippen molar-refractivity contribution in [1.82, 2.24) is 14.8 Å². The third-order valence-corrected chi connectivity index (χ3v) is 5.41. The molecule has 150 valence electrons. The number of hydrogen-bond acceptors (Lipinski definition) is 5. The number of carbonyl (C=O) groups excluding carboxylic acids is 1. The van der Waals surface area contributed by atoms with Gasteiger partial charge in [0.25, 0.3) is 0 Å². The molecule has 28 heavy (non-hydrogen) atoms. The Hall–Kier alpha value is -2.25. The molecular formula is C21H26FN3O3. The minimum absolute atomic E-state index is 0.122. The SMILES string of the molecule is O=C(CN1CCOCC1)N1CCCC[C@@H]1c1ncc(Cc2cccc(F)c2)o1. The first-order valence-corrected chi connectivity index (χ1v) is 9.97. The maximum Gasteiger partial charge on any atom is 0.237 e. The zero-order valence-electron chi connectivity index (χ0n) is 16.0. The molecule has 0 aliphatic carbocycles. The number of morpholine rings is 1. The summed E-state index contributed by atoms with van der Waals surface area (Å²) in [6.45, 7) is 4.09. The molecule has 4 rings (SSSR count). The molecule has 0 bridgehead atoms. The summed E-state index contributed by atoms with van der Waals surface area (Å²) in [5.74, 6) is 1.13. The second kappa shape index (κ2) is 8.84. The van der Waals surface area contributed by atoms with Crippen molar-refractivity contribution in [1.29, 1.82) is 0 Å². The Kier molecular flexibility index (Phi) is 6.02. The number of ether oxygens (including phenoxy) is 1. The summed E-state index contributed by atoms with van der Waals surface area (Å²) in [4.78, 5) is 21.4. The molecule has 0 N–H and O–H groups in total. The first kappa shape index (κ1) is 19.1. The van der Waals surface area contributed by atoms with Crippen molar-refractivity contribution in [2.24, 2.45) is 0 Å². The maximum absolute atomic E-state index is 13.4. The standard InChI is InChI=1S/C21H26FN3O3/c22-17-5-3-4-16(12-17)13-18-14-23-21(28-18)19-6-1-2-7-25(19)20(26)15-24-8-10-27-11-9-24/h3-5,12,14,19H,1-2,6-11,13,15H2/t19-/m1/s1. The fourth-order valence-electron chi connectivity index (χ4n) is 3.93. The highest BCUT2D eigenvalue weighted by molar-refractivity contribution is 5.78. The van der Waals surface area contributed by atoms with E-state index in [0.717, 1.165) is 44.5 Å². The van der Waals surface area contributed by atoms with Crippen molar-refractivity contribution in [2.75, 3.05) is 39.4 Å². The van der Waals surface area contributed by atoms with Gasteiger partial charge in [0.15, 0.2) is 0 Å². The molecule has 0 radical (unpaired) electrons. The van der Waals surface area contributed by atoms with Crippen LogP contribution in [0.2, 0.25) is 0 Å². The number of benzene rings is 1. The smallest absolute Gasteiger partial charge is 0.237 e. The van der Waals surface area contributed by atoms with Gasteiger partial charge in [0.05, 0.1) is 26.0 Å². The number of amides is 1. The Balaban J connectivity index is 1.44. The number of piperidine rings is 1. The molecule has 3 heterocycles. The third kappa shape index (κ3) is 4.59. The monoisotopic (exact) mass is 387 g/mol. The molecule has 0 spiro atoms. The molecule has 2 aliphatic heterocycles. The van der Waals surface area contributed by atoms with E-state index in [1.807, 2.05) is 11.0 Å². The Labute approximate surface area is 164 Å². The summed E-state index contributed by atoms with van der Waals surface area (Å²) in [5, 5.41) is 0. The van der Waals surface area contributed by atoms with Crippen LogP contribution in [0, 0.1) is 5.82 Å². The largest absolute Gasteiger partial charge is 0.443 e. The van der Waals surface area contributed by atoms with E-state index >= 15 is 0 Å². The van der Waals surface area contributed by atoms with Crippen LogP contribution in [0.15, 0.2) is 34.9 Å². The second-order valence-corrected chi connectivity index (χ2v) is 7.46. The molecule has 1 aromatic heterocycles. The Morgan fingerprint density at radius 2 is 2.07 bits per heavy atom. The zero-order chi connectivity index (χ0) is 19.3. The number of halogens is 1. The molecule has 2 aromatic rings. The van der Waals surface area contributed by atoms with Gasteiger partial charge in [-0.25, -0.2) is 9.37 Å². The lowest BCUT2D eigenvalue weighted by Gasteiger charge is -2.36. The summed E-state index contributed by atoms with van der Waals surface area (Å²) >= 11 is 0. The van der Waals surface area contributed by atoms with Crippen molar-refractivity contribution >= 4 is 5.91 Å². The average Bonchev–Trinajstić information content (AvgIpc) is 3.17. The fraction of sp³-hybridized carbons (Fsp3) is 0.524. The molecular weight excluding hydrogens is 361 g/mol. The number of aromatic nitrogens is 1. The molecule has 0 unspecified atom stereocenters. The number of hydrogen-bond donors (Lipinski definition) is 0. The van der Waals surface area contributed by atoms with E-state index in [9.17, 15) is 9.18 Å². The zero-order valence-corrected chi connectivity index (χ0v) is 16.0. The number of nitrogens with zero attached hydrogens (tertiary/aromatic N) is 3. The van der Waals surface area contributed by atoms with Crippen LogP contribution < -0.4 is 0 Å². The van der Waals surface area contributed by atoms with Gasteiger partial charge in [-0.3, -0.25) is 9.69 Å². The number of rotatable bonds is 5. The van der Waals surface area contributed by atoms with Crippen molar-refractivity contribution in [3.05, 3.63) is 53.5 Å². The summed E-state index contributed by atoms with van der Waals surface area (Å²) in [7, 11) is 0. The number of oxazole rings is 1. The highest BCUT2D eigenvalue weighted by Crippen LogP contribution is 2.31. The van der Waals surface area contributed by atoms with Gasteiger partial charge in [0.2, 0.25) is 11.8 Å². The van der Waals surface area contributed by atoms with E-state index in [0.29, 0.717) is 37.8 Å². The van der Waals surface area contributed by atoms with E-state index in [1.54, 1.807) is 12.3 Å². The average molecular weight is 387 g/mol. The normalized spacial score (nSPS) is 21.0. The van der Waals surface area contributed by atoms with Crippen LogP contribution in [0.25, 0.3) is 0 Å².